The van der Waals surface area contributed by atoms with Crippen molar-refractivity contribution in [3.63, 3.8) is 0 Å². The SMILES string of the molecule is COC(=O)[C@@]12CC[C@H]3C=C(O[Si](C)(C)C(C)(C)C)CC[C@]3(C)[C@H]1CC=C(C)C2. The molecule has 0 aliphatic heterocycles. The molecule has 0 N–H and O–H groups in total. The minimum absolute atomic E-state index is 0.0110. The second kappa shape index (κ2) is 7.04. The minimum atomic E-state index is -1.81. The van der Waals surface area contributed by atoms with Crippen LogP contribution in [0, 0.1) is 22.7 Å². The van der Waals surface area contributed by atoms with E-state index in [1.165, 1.54) is 11.3 Å². The van der Waals surface area contributed by atoms with Crippen LogP contribution >= 0.6 is 0 Å². The van der Waals surface area contributed by atoms with Crippen molar-refractivity contribution in [2.24, 2.45) is 22.7 Å². The molecule has 3 aliphatic rings. The normalized spacial score (nSPS) is 35.9. The Morgan fingerprint density at radius 2 is 1.93 bits per heavy atom. The van der Waals surface area contributed by atoms with E-state index in [9.17, 15) is 4.79 Å². The Kier molecular flexibility index (Phi) is 5.44. The van der Waals surface area contributed by atoms with Crippen LogP contribution in [-0.2, 0) is 14.0 Å². The number of fused-ring (bicyclic) bond motifs is 3. The molecule has 28 heavy (non-hydrogen) atoms. The molecule has 0 heterocycles. The molecule has 4 atom stereocenters. The van der Waals surface area contributed by atoms with Crippen LogP contribution in [0.5, 0.6) is 0 Å². The monoisotopic (exact) mass is 404 g/mol. The summed E-state index contributed by atoms with van der Waals surface area (Å²) < 4.78 is 12.0. The number of rotatable bonds is 3. The van der Waals surface area contributed by atoms with Gasteiger partial charge in [0.2, 0.25) is 8.32 Å². The Morgan fingerprint density at radius 1 is 1.25 bits per heavy atom. The molecule has 0 spiro atoms. The Morgan fingerprint density at radius 3 is 2.54 bits per heavy atom. The van der Waals surface area contributed by atoms with E-state index in [2.05, 4.69) is 59.9 Å². The van der Waals surface area contributed by atoms with Crippen LogP contribution in [0.15, 0.2) is 23.5 Å². The first kappa shape index (κ1) is 21.7. The summed E-state index contributed by atoms with van der Waals surface area (Å²) in [7, 11) is -0.250. The standard InChI is InChI=1S/C24H40O3Si/c1-17-9-10-20-23(5)13-12-19(27-28(7,8)22(2,3)4)15-18(23)11-14-24(20,16-17)21(25)26-6/h9,15,18,20H,10-14,16H2,1-8H3/t18-,20+,23-,24+/m0/s1. The van der Waals surface area contributed by atoms with Gasteiger partial charge in [0.1, 0.15) is 0 Å². The molecule has 0 unspecified atom stereocenters. The average Bonchev–Trinajstić information content (AvgIpc) is 2.59. The lowest BCUT2D eigenvalue weighted by Crippen LogP contribution is -2.55. The Balaban J connectivity index is 1.90. The van der Waals surface area contributed by atoms with Gasteiger partial charge in [0, 0.05) is 6.42 Å². The van der Waals surface area contributed by atoms with E-state index in [0.29, 0.717) is 11.8 Å². The van der Waals surface area contributed by atoms with Crippen molar-refractivity contribution in [1.29, 1.82) is 0 Å². The quantitative estimate of drug-likeness (QED) is 0.301. The second-order valence-electron chi connectivity index (χ2n) is 11.3. The molecule has 0 aromatic heterocycles. The number of carbonyl (C=O) groups excluding carboxylic acids is 1. The number of hydrogen-bond acceptors (Lipinski definition) is 3. The lowest BCUT2D eigenvalue weighted by molar-refractivity contribution is -0.170. The third-order valence-electron chi connectivity index (χ3n) is 8.59. The lowest BCUT2D eigenvalue weighted by atomic mass is 9.45. The molecule has 3 nitrogen and oxygen atoms in total. The second-order valence-corrected chi connectivity index (χ2v) is 16.0. The molecule has 0 aromatic rings. The van der Waals surface area contributed by atoms with Crippen molar-refractivity contribution < 1.29 is 14.0 Å². The number of allylic oxidation sites excluding steroid dienone is 4. The highest BCUT2D eigenvalue weighted by Gasteiger charge is 2.60. The van der Waals surface area contributed by atoms with Gasteiger partial charge in [-0.2, -0.15) is 0 Å². The zero-order chi connectivity index (χ0) is 21.0. The van der Waals surface area contributed by atoms with Gasteiger partial charge in [-0.25, -0.2) is 0 Å². The van der Waals surface area contributed by atoms with E-state index in [0.717, 1.165) is 38.5 Å². The summed E-state index contributed by atoms with van der Waals surface area (Å²) in [5.41, 5.74) is 1.16. The van der Waals surface area contributed by atoms with Gasteiger partial charge in [-0.1, -0.05) is 39.3 Å². The van der Waals surface area contributed by atoms with E-state index in [1.54, 1.807) is 7.11 Å². The molecule has 3 aliphatic carbocycles. The first-order valence-electron chi connectivity index (χ1n) is 11.0. The first-order chi connectivity index (χ1) is 12.9. The predicted octanol–water partition coefficient (Wildman–Crippen LogP) is 6.62. The highest BCUT2D eigenvalue weighted by Crippen LogP contribution is 2.63. The fourth-order valence-electron chi connectivity index (χ4n) is 5.82. The molecule has 0 radical (unpaired) electrons. The molecule has 0 bridgehead atoms. The third kappa shape index (κ3) is 3.40. The summed E-state index contributed by atoms with van der Waals surface area (Å²) >= 11 is 0. The molecule has 0 aromatic carbocycles. The van der Waals surface area contributed by atoms with Crippen LogP contribution in [0.3, 0.4) is 0 Å². The summed E-state index contributed by atoms with van der Waals surface area (Å²) in [6.45, 7) is 16.2. The van der Waals surface area contributed by atoms with Gasteiger partial charge in [-0.05, 0) is 80.5 Å². The van der Waals surface area contributed by atoms with Crippen molar-refractivity contribution in [3.05, 3.63) is 23.5 Å². The van der Waals surface area contributed by atoms with E-state index in [-0.39, 0.29) is 21.8 Å². The molecule has 0 saturated heterocycles. The third-order valence-corrected chi connectivity index (χ3v) is 13.0. The Bertz CT molecular complexity index is 699. The van der Waals surface area contributed by atoms with E-state index >= 15 is 0 Å². The van der Waals surface area contributed by atoms with Gasteiger partial charge in [0.25, 0.3) is 0 Å². The fourth-order valence-corrected chi connectivity index (χ4v) is 6.95. The zero-order valence-corrected chi connectivity index (χ0v) is 20.3. The summed E-state index contributed by atoms with van der Waals surface area (Å²) in [6, 6.07) is 0. The zero-order valence-electron chi connectivity index (χ0n) is 19.3. The number of hydrogen-bond donors (Lipinski definition) is 0. The molecule has 3 rings (SSSR count). The summed E-state index contributed by atoms with van der Waals surface area (Å²) in [5.74, 6) is 2.08. The van der Waals surface area contributed by atoms with Crippen LogP contribution in [0.25, 0.3) is 0 Å². The maximum absolute atomic E-state index is 13.0. The van der Waals surface area contributed by atoms with Crippen molar-refractivity contribution in [2.75, 3.05) is 7.11 Å². The van der Waals surface area contributed by atoms with Gasteiger partial charge in [-0.3, -0.25) is 4.79 Å². The number of carbonyl (C=O) groups is 1. The maximum Gasteiger partial charge on any atom is 0.312 e. The van der Waals surface area contributed by atoms with E-state index in [4.69, 9.17) is 9.16 Å². The number of ether oxygens (including phenoxy) is 1. The molecule has 158 valence electrons. The van der Waals surface area contributed by atoms with Gasteiger partial charge in [-0.15, -0.1) is 0 Å². The van der Waals surface area contributed by atoms with Gasteiger partial charge < -0.3 is 9.16 Å². The maximum atomic E-state index is 13.0. The molecule has 1 saturated carbocycles. The smallest absolute Gasteiger partial charge is 0.312 e. The molecule has 4 heteroatoms. The first-order valence-corrected chi connectivity index (χ1v) is 13.9. The van der Waals surface area contributed by atoms with Crippen molar-refractivity contribution in [3.8, 4) is 0 Å². The van der Waals surface area contributed by atoms with Crippen LogP contribution < -0.4 is 0 Å². The van der Waals surface area contributed by atoms with Crippen LogP contribution in [0.2, 0.25) is 18.1 Å². The summed E-state index contributed by atoms with van der Waals surface area (Å²) in [5, 5.41) is 0.215. The van der Waals surface area contributed by atoms with Crippen molar-refractivity contribution >= 4 is 14.3 Å². The molecule has 0 amide bonds. The number of methoxy groups -OCH3 is 1. The Hall–Kier alpha value is -1.03. The van der Waals surface area contributed by atoms with E-state index in [1.807, 2.05) is 0 Å². The van der Waals surface area contributed by atoms with Crippen molar-refractivity contribution in [2.45, 2.75) is 91.3 Å². The summed E-state index contributed by atoms with van der Waals surface area (Å²) in [4.78, 5) is 13.0. The largest absolute Gasteiger partial charge is 0.547 e. The average molecular weight is 405 g/mol. The van der Waals surface area contributed by atoms with Gasteiger partial charge >= 0.3 is 5.97 Å². The van der Waals surface area contributed by atoms with E-state index < -0.39 is 8.32 Å². The van der Waals surface area contributed by atoms with Crippen molar-refractivity contribution in [1.82, 2.24) is 0 Å². The molecular weight excluding hydrogens is 364 g/mol. The molecular formula is C24H40O3Si. The van der Waals surface area contributed by atoms with Gasteiger partial charge in [0.05, 0.1) is 18.3 Å². The highest BCUT2D eigenvalue weighted by atomic mass is 28.4. The van der Waals surface area contributed by atoms with Crippen LogP contribution in [0.1, 0.15) is 73.1 Å². The highest BCUT2D eigenvalue weighted by molar-refractivity contribution is 6.74. The lowest BCUT2D eigenvalue weighted by Gasteiger charge is -2.58. The minimum Gasteiger partial charge on any atom is -0.547 e. The van der Waals surface area contributed by atoms with Crippen LogP contribution in [0.4, 0.5) is 0 Å². The number of esters is 1. The Labute approximate surface area is 173 Å². The molecule has 1 fully saturated rings. The predicted molar refractivity (Wildman–Crippen MR) is 117 cm³/mol. The summed E-state index contributed by atoms with van der Waals surface area (Å²) in [6.07, 6.45) is 10.8. The van der Waals surface area contributed by atoms with Gasteiger partial charge in [0.15, 0.2) is 0 Å². The topological polar surface area (TPSA) is 35.5 Å². The fraction of sp³-hybridized carbons (Fsp3) is 0.792. The van der Waals surface area contributed by atoms with Crippen LogP contribution in [-0.4, -0.2) is 21.4 Å².